The number of benzene rings is 1. The summed E-state index contributed by atoms with van der Waals surface area (Å²) in [4.78, 5) is 24.8. The van der Waals surface area contributed by atoms with Crippen molar-refractivity contribution in [2.75, 3.05) is 20.2 Å². The second-order valence-electron chi connectivity index (χ2n) is 6.09. The number of primary amides is 1. The van der Waals surface area contributed by atoms with Gasteiger partial charge < -0.3 is 20.7 Å². The van der Waals surface area contributed by atoms with E-state index in [1.807, 2.05) is 31.2 Å². The van der Waals surface area contributed by atoms with Gasteiger partial charge in [0.15, 0.2) is 6.04 Å². The predicted molar refractivity (Wildman–Crippen MR) is 86.9 cm³/mol. The third-order valence-electron chi connectivity index (χ3n) is 4.68. The van der Waals surface area contributed by atoms with Crippen LogP contribution in [-0.2, 0) is 16.1 Å². The second kappa shape index (κ2) is 7.97. The topological polar surface area (TPSA) is 85.9 Å². The Labute approximate surface area is 137 Å². The number of carbonyl (C=O) groups excluding carboxylic acids is 2. The first kappa shape index (κ1) is 17.3. The number of para-hydroxylation sites is 1. The van der Waals surface area contributed by atoms with Crippen LogP contribution in [-0.4, -0.2) is 38.1 Å². The zero-order chi connectivity index (χ0) is 16.8. The van der Waals surface area contributed by atoms with Gasteiger partial charge in [-0.25, -0.2) is 0 Å². The van der Waals surface area contributed by atoms with Crippen molar-refractivity contribution < 1.29 is 19.2 Å². The lowest BCUT2D eigenvalue weighted by Gasteiger charge is -2.31. The summed E-state index contributed by atoms with van der Waals surface area (Å²) in [6.07, 6.45) is 1.52. The maximum atomic E-state index is 12.4. The van der Waals surface area contributed by atoms with Gasteiger partial charge in [-0.15, -0.1) is 0 Å². The Kier molecular flexibility index (Phi) is 5.98. The number of hydrogen-bond acceptors (Lipinski definition) is 3. The number of carbonyl (C=O) groups is 2. The number of methoxy groups -OCH3 is 1. The van der Waals surface area contributed by atoms with Crippen LogP contribution in [0.5, 0.6) is 5.75 Å². The van der Waals surface area contributed by atoms with Gasteiger partial charge in [-0.05, 0) is 13.0 Å². The zero-order valence-corrected chi connectivity index (χ0v) is 13.8. The number of nitrogens with two attached hydrogens (primary N) is 1. The van der Waals surface area contributed by atoms with Crippen LogP contribution in [0.3, 0.4) is 0 Å². The van der Waals surface area contributed by atoms with E-state index >= 15 is 0 Å². The Hall–Kier alpha value is -2.08. The number of rotatable bonds is 6. The summed E-state index contributed by atoms with van der Waals surface area (Å²) in [6, 6.07) is 7.51. The average Bonchev–Trinajstić information content (AvgIpc) is 2.59. The number of likely N-dealkylation sites (tertiary alicyclic amines) is 1. The van der Waals surface area contributed by atoms with E-state index < -0.39 is 0 Å². The van der Waals surface area contributed by atoms with Gasteiger partial charge >= 0.3 is 0 Å². The molecule has 0 radical (unpaired) electrons. The van der Waals surface area contributed by atoms with Crippen LogP contribution in [0.4, 0.5) is 0 Å². The van der Waals surface area contributed by atoms with Gasteiger partial charge in [-0.2, -0.15) is 0 Å². The van der Waals surface area contributed by atoms with Gasteiger partial charge in [-0.3, -0.25) is 9.59 Å². The van der Waals surface area contributed by atoms with E-state index in [1.165, 1.54) is 4.90 Å². The van der Waals surface area contributed by atoms with Crippen LogP contribution < -0.4 is 20.7 Å². The summed E-state index contributed by atoms with van der Waals surface area (Å²) >= 11 is 0. The zero-order valence-electron chi connectivity index (χ0n) is 13.8. The molecule has 1 aliphatic rings. The number of nitrogens with one attached hydrogen (secondary N) is 2. The normalized spacial score (nSPS) is 22.2. The van der Waals surface area contributed by atoms with Gasteiger partial charge in [-0.1, -0.05) is 18.2 Å². The third-order valence-corrected chi connectivity index (χ3v) is 4.68. The number of amides is 2. The monoisotopic (exact) mass is 320 g/mol. The average molecular weight is 320 g/mol. The van der Waals surface area contributed by atoms with Crippen molar-refractivity contribution in [2.45, 2.75) is 32.4 Å². The highest BCUT2D eigenvalue weighted by Gasteiger charge is 2.31. The molecule has 1 aromatic carbocycles. The molecule has 23 heavy (non-hydrogen) atoms. The van der Waals surface area contributed by atoms with E-state index in [0.29, 0.717) is 6.54 Å². The second-order valence-corrected chi connectivity index (χ2v) is 6.09. The molecule has 4 N–H and O–H groups in total. The van der Waals surface area contributed by atoms with Crippen LogP contribution in [0.1, 0.15) is 25.3 Å². The van der Waals surface area contributed by atoms with Crippen LogP contribution in [0.15, 0.2) is 24.3 Å². The summed E-state index contributed by atoms with van der Waals surface area (Å²) in [5.74, 6) is 0.526. The first-order valence-electron chi connectivity index (χ1n) is 8.06. The van der Waals surface area contributed by atoms with Crippen molar-refractivity contribution in [2.24, 2.45) is 11.7 Å². The van der Waals surface area contributed by atoms with E-state index in [1.54, 1.807) is 7.11 Å². The molecule has 0 aromatic heterocycles. The van der Waals surface area contributed by atoms with E-state index in [2.05, 4.69) is 5.32 Å². The predicted octanol–water partition coefficient (Wildman–Crippen LogP) is -0.520. The number of quaternary nitrogens is 1. The molecule has 6 nitrogen and oxygen atoms in total. The molecule has 2 rings (SSSR count). The lowest BCUT2D eigenvalue weighted by Crippen LogP contribution is -3.17. The lowest BCUT2D eigenvalue weighted by molar-refractivity contribution is -0.919. The van der Waals surface area contributed by atoms with E-state index in [4.69, 9.17) is 10.5 Å². The molecular weight excluding hydrogens is 294 g/mol. The van der Waals surface area contributed by atoms with Crippen molar-refractivity contribution >= 4 is 11.8 Å². The smallest absolute Gasteiger partial charge is 0.278 e. The maximum absolute atomic E-state index is 12.4. The molecule has 0 aliphatic carbocycles. The van der Waals surface area contributed by atoms with Gasteiger partial charge in [0.2, 0.25) is 5.91 Å². The molecule has 1 fully saturated rings. The molecular formula is C17H26N3O3+. The van der Waals surface area contributed by atoms with Crippen LogP contribution in [0, 0.1) is 5.92 Å². The Morgan fingerprint density at radius 3 is 2.61 bits per heavy atom. The highest BCUT2D eigenvalue weighted by atomic mass is 16.5. The molecule has 6 heteroatoms. The molecule has 0 spiro atoms. The van der Waals surface area contributed by atoms with Crippen molar-refractivity contribution in [3.63, 3.8) is 0 Å². The number of piperidine rings is 1. The molecule has 1 saturated heterocycles. The third kappa shape index (κ3) is 4.45. The SMILES string of the molecule is COc1ccccc1CNC(=O)[C@H](C)[NH+]1CCC(C(N)=O)CC1. The Morgan fingerprint density at radius 2 is 2.00 bits per heavy atom. The quantitative estimate of drug-likeness (QED) is 0.659. The summed E-state index contributed by atoms with van der Waals surface area (Å²) in [6.45, 7) is 3.98. The van der Waals surface area contributed by atoms with Crippen LogP contribution in [0.25, 0.3) is 0 Å². The van der Waals surface area contributed by atoms with Crippen molar-refractivity contribution in [1.29, 1.82) is 0 Å². The minimum Gasteiger partial charge on any atom is -0.496 e. The van der Waals surface area contributed by atoms with Gasteiger partial charge in [0.25, 0.3) is 5.91 Å². The largest absolute Gasteiger partial charge is 0.496 e. The summed E-state index contributed by atoms with van der Waals surface area (Å²) < 4.78 is 5.29. The fourth-order valence-electron chi connectivity index (χ4n) is 3.08. The highest BCUT2D eigenvalue weighted by molar-refractivity contribution is 5.80. The molecule has 126 valence electrons. The molecule has 2 amide bonds. The van der Waals surface area contributed by atoms with Gasteiger partial charge in [0.1, 0.15) is 5.75 Å². The molecule has 0 bridgehead atoms. The highest BCUT2D eigenvalue weighted by Crippen LogP contribution is 2.16. The summed E-state index contributed by atoms with van der Waals surface area (Å²) in [5, 5.41) is 2.97. The van der Waals surface area contributed by atoms with Crippen molar-refractivity contribution in [3.05, 3.63) is 29.8 Å². The van der Waals surface area contributed by atoms with Crippen LogP contribution >= 0.6 is 0 Å². The van der Waals surface area contributed by atoms with Crippen molar-refractivity contribution in [1.82, 2.24) is 5.32 Å². The van der Waals surface area contributed by atoms with Gasteiger partial charge in [0.05, 0.1) is 20.2 Å². The van der Waals surface area contributed by atoms with E-state index in [0.717, 1.165) is 37.2 Å². The van der Waals surface area contributed by atoms with E-state index in [-0.39, 0.29) is 23.8 Å². The molecule has 0 unspecified atom stereocenters. The Balaban J connectivity index is 1.85. The minimum atomic E-state index is -0.225. The Bertz CT molecular complexity index is 554. The van der Waals surface area contributed by atoms with Crippen molar-refractivity contribution in [3.8, 4) is 5.75 Å². The molecule has 1 aromatic rings. The molecule has 1 atom stereocenters. The summed E-state index contributed by atoms with van der Waals surface area (Å²) in [5.41, 5.74) is 6.31. The number of ether oxygens (including phenoxy) is 1. The first-order chi connectivity index (χ1) is 11.0. The number of hydrogen-bond donors (Lipinski definition) is 3. The molecule has 1 heterocycles. The first-order valence-corrected chi connectivity index (χ1v) is 8.06. The minimum absolute atomic E-state index is 0.0171. The molecule has 0 saturated carbocycles. The lowest BCUT2D eigenvalue weighted by atomic mass is 9.95. The van der Waals surface area contributed by atoms with E-state index in [9.17, 15) is 9.59 Å². The molecule has 1 aliphatic heterocycles. The van der Waals surface area contributed by atoms with Crippen LogP contribution in [0.2, 0.25) is 0 Å². The fourth-order valence-corrected chi connectivity index (χ4v) is 3.08. The Morgan fingerprint density at radius 1 is 1.35 bits per heavy atom. The standard InChI is InChI=1S/C17H25N3O3/c1-12(20-9-7-13(8-10-20)16(18)21)17(22)19-11-14-5-3-4-6-15(14)23-2/h3-6,12-13H,7-11H2,1-2H3,(H2,18,21)(H,19,22)/p+1/t12-/m0/s1. The maximum Gasteiger partial charge on any atom is 0.278 e. The summed E-state index contributed by atoms with van der Waals surface area (Å²) in [7, 11) is 1.62. The fraction of sp³-hybridized carbons (Fsp3) is 0.529. The van der Waals surface area contributed by atoms with Gasteiger partial charge in [0, 0.05) is 30.9 Å².